The van der Waals surface area contributed by atoms with Gasteiger partial charge in [0, 0.05) is 13.5 Å². The fourth-order valence-corrected chi connectivity index (χ4v) is 3.37. The molecule has 2 rings (SSSR count). The van der Waals surface area contributed by atoms with E-state index in [-0.39, 0.29) is 11.2 Å². The van der Waals surface area contributed by atoms with Crippen molar-refractivity contribution in [3.8, 4) is 0 Å². The molecule has 2 aromatic heterocycles. The van der Waals surface area contributed by atoms with Crippen LogP contribution in [0.5, 0.6) is 0 Å². The van der Waals surface area contributed by atoms with Crippen LogP contribution in [0.1, 0.15) is 31.7 Å². The average molecular weight is 326 g/mol. The molecule has 0 aliphatic heterocycles. The van der Waals surface area contributed by atoms with Crippen LogP contribution in [-0.4, -0.2) is 36.1 Å². The lowest BCUT2D eigenvalue weighted by molar-refractivity contribution is -0.115. The molecule has 114 valence electrons. The van der Waals surface area contributed by atoms with Crippen molar-refractivity contribution in [1.29, 1.82) is 0 Å². The lowest BCUT2D eigenvalue weighted by atomic mass is 10.3. The van der Waals surface area contributed by atoms with Crippen LogP contribution in [-0.2, 0) is 18.3 Å². The summed E-state index contributed by atoms with van der Waals surface area (Å²) in [6.07, 6.45) is 4.22. The Bertz CT molecular complexity index is 596. The Balaban J connectivity index is 1.97. The standard InChI is InChI=1S/C12H18N6OS2/c1-4-6-9-15-16-11(21-9)14-10(19)8(5-2)20-12-17-13-7-18(12)3/h7-8H,4-6H2,1-3H3,(H,14,16,19)/t8-/m1/s1. The lowest BCUT2D eigenvalue weighted by Gasteiger charge is -2.12. The molecule has 0 spiro atoms. The quantitative estimate of drug-likeness (QED) is 0.785. The van der Waals surface area contributed by atoms with Crippen molar-refractivity contribution in [3.05, 3.63) is 11.3 Å². The summed E-state index contributed by atoms with van der Waals surface area (Å²) in [4.78, 5) is 12.3. The second-order valence-electron chi connectivity index (χ2n) is 4.48. The first-order valence-electron chi connectivity index (χ1n) is 6.77. The molecule has 0 fully saturated rings. The summed E-state index contributed by atoms with van der Waals surface area (Å²) < 4.78 is 1.80. The van der Waals surface area contributed by atoms with E-state index in [1.807, 2.05) is 14.0 Å². The minimum atomic E-state index is -0.230. The zero-order chi connectivity index (χ0) is 15.2. The highest BCUT2D eigenvalue weighted by Crippen LogP contribution is 2.25. The minimum Gasteiger partial charge on any atom is -0.312 e. The van der Waals surface area contributed by atoms with Gasteiger partial charge in [-0.1, -0.05) is 36.9 Å². The van der Waals surface area contributed by atoms with Crippen molar-refractivity contribution in [2.45, 2.75) is 43.5 Å². The lowest BCUT2D eigenvalue weighted by Crippen LogP contribution is -2.24. The van der Waals surface area contributed by atoms with Crippen LogP contribution in [0.3, 0.4) is 0 Å². The number of aryl methyl sites for hydroxylation is 2. The van der Waals surface area contributed by atoms with Gasteiger partial charge in [-0.05, 0) is 12.8 Å². The topological polar surface area (TPSA) is 85.6 Å². The first kappa shape index (κ1) is 15.9. The van der Waals surface area contributed by atoms with Gasteiger partial charge in [0.25, 0.3) is 0 Å². The number of hydrogen-bond donors (Lipinski definition) is 1. The van der Waals surface area contributed by atoms with E-state index in [0.29, 0.717) is 11.6 Å². The van der Waals surface area contributed by atoms with Crippen LogP contribution in [0.4, 0.5) is 5.13 Å². The van der Waals surface area contributed by atoms with E-state index < -0.39 is 0 Å². The summed E-state index contributed by atoms with van der Waals surface area (Å²) in [6.45, 7) is 4.06. The van der Waals surface area contributed by atoms with Crippen molar-refractivity contribution in [3.63, 3.8) is 0 Å². The van der Waals surface area contributed by atoms with Gasteiger partial charge in [-0.3, -0.25) is 10.1 Å². The number of anilines is 1. The third-order valence-corrected chi connectivity index (χ3v) is 5.05. The molecule has 0 bridgehead atoms. The summed E-state index contributed by atoms with van der Waals surface area (Å²) in [5, 5.41) is 20.7. The number of carbonyl (C=O) groups excluding carboxylic acids is 1. The Morgan fingerprint density at radius 2 is 2.24 bits per heavy atom. The van der Waals surface area contributed by atoms with Gasteiger partial charge in [-0.2, -0.15) is 0 Å². The summed E-state index contributed by atoms with van der Waals surface area (Å²) in [5.74, 6) is -0.0790. The molecule has 1 amide bonds. The minimum absolute atomic E-state index is 0.0790. The molecule has 0 aliphatic carbocycles. The molecule has 0 aromatic carbocycles. The molecular formula is C12H18N6OS2. The van der Waals surface area contributed by atoms with Gasteiger partial charge in [-0.25, -0.2) is 0 Å². The Kier molecular flexibility index (Phi) is 5.68. The molecule has 2 aromatic rings. The zero-order valence-corrected chi connectivity index (χ0v) is 13.9. The van der Waals surface area contributed by atoms with E-state index >= 15 is 0 Å². The van der Waals surface area contributed by atoms with E-state index in [2.05, 4.69) is 32.6 Å². The molecular weight excluding hydrogens is 308 g/mol. The third-order valence-electron chi connectivity index (χ3n) is 2.74. The largest absolute Gasteiger partial charge is 0.312 e. The molecule has 0 radical (unpaired) electrons. The van der Waals surface area contributed by atoms with Crippen LogP contribution in [0, 0.1) is 0 Å². The van der Waals surface area contributed by atoms with Gasteiger partial charge in [-0.15, -0.1) is 20.4 Å². The molecule has 2 heterocycles. The molecule has 1 atom stereocenters. The van der Waals surface area contributed by atoms with E-state index in [9.17, 15) is 4.79 Å². The van der Waals surface area contributed by atoms with Gasteiger partial charge in [0.05, 0.1) is 5.25 Å². The van der Waals surface area contributed by atoms with Gasteiger partial charge in [0.2, 0.25) is 11.0 Å². The Labute approximate surface area is 131 Å². The Morgan fingerprint density at radius 1 is 1.43 bits per heavy atom. The maximum absolute atomic E-state index is 12.3. The van der Waals surface area contributed by atoms with Crippen LogP contribution in [0.15, 0.2) is 11.5 Å². The highest BCUT2D eigenvalue weighted by Gasteiger charge is 2.21. The van der Waals surface area contributed by atoms with Crippen molar-refractivity contribution in [2.75, 3.05) is 5.32 Å². The molecule has 21 heavy (non-hydrogen) atoms. The molecule has 0 aliphatic rings. The maximum Gasteiger partial charge on any atom is 0.239 e. The second kappa shape index (κ2) is 7.51. The van der Waals surface area contributed by atoms with Gasteiger partial charge < -0.3 is 4.57 Å². The molecule has 1 N–H and O–H groups in total. The number of nitrogens with one attached hydrogen (secondary N) is 1. The predicted molar refractivity (Wildman–Crippen MR) is 83.5 cm³/mol. The van der Waals surface area contributed by atoms with Gasteiger partial charge >= 0.3 is 0 Å². The number of carbonyl (C=O) groups is 1. The fraction of sp³-hybridized carbons (Fsp3) is 0.583. The number of rotatable bonds is 7. The van der Waals surface area contributed by atoms with Crippen molar-refractivity contribution in [1.82, 2.24) is 25.0 Å². The maximum atomic E-state index is 12.3. The van der Waals surface area contributed by atoms with Crippen molar-refractivity contribution < 1.29 is 4.79 Å². The van der Waals surface area contributed by atoms with Gasteiger partial charge in [0.15, 0.2) is 5.16 Å². The number of thioether (sulfide) groups is 1. The first-order valence-corrected chi connectivity index (χ1v) is 8.47. The zero-order valence-electron chi connectivity index (χ0n) is 12.2. The summed E-state index contributed by atoms with van der Waals surface area (Å²) in [5.41, 5.74) is 0. The number of aromatic nitrogens is 5. The monoisotopic (exact) mass is 326 g/mol. The second-order valence-corrected chi connectivity index (χ2v) is 6.71. The molecule has 0 unspecified atom stereocenters. The number of hydrogen-bond acceptors (Lipinski definition) is 7. The van der Waals surface area contributed by atoms with E-state index in [1.54, 1.807) is 10.9 Å². The van der Waals surface area contributed by atoms with Crippen LogP contribution in [0.25, 0.3) is 0 Å². The van der Waals surface area contributed by atoms with Gasteiger partial charge in [0.1, 0.15) is 11.3 Å². The van der Waals surface area contributed by atoms with E-state index in [0.717, 1.165) is 23.0 Å². The number of amides is 1. The summed E-state index contributed by atoms with van der Waals surface area (Å²) in [7, 11) is 1.86. The summed E-state index contributed by atoms with van der Waals surface area (Å²) in [6, 6.07) is 0. The number of nitrogens with zero attached hydrogens (tertiary/aromatic N) is 5. The predicted octanol–water partition coefficient (Wildman–Crippen LogP) is 2.13. The smallest absolute Gasteiger partial charge is 0.239 e. The molecule has 0 saturated carbocycles. The van der Waals surface area contributed by atoms with Crippen LogP contribution >= 0.6 is 23.1 Å². The van der Waals surface area contributed by atoms with Crippen LogP contribution in [0.2, 0.25) is 0 Å². The van der Waals surface area contributed by atoms with Crippen molar-refractivity contribution >= 4 is 34.1 Å². The Hall–Kier alpha value is -1.48. The fourth-order valence-electron chi connectivity index (χ4n) is 1.63. The molecule has 7 nitrogen and oxygen atoms in total. The normalized spacial score (nSPS) is 12.3. The van der Waals surface area contributed by atoms with Crippen molar-refractivity contribution in [2.24, 2.45) is 7.05 Å². The first-order chi connectivity index (χ1) is 10.1. The molecule has 0 saturated heterocycles. The average Bonchev–Trinajstić information content (AvgIpc) is 3.06. The Morgan fingerprint density at radius 3 is 2.86 bits per heavy atom. The van der Waals surface area contributed by atoms with E-state index in [1.165, 1.54) is 23.1 Å². The van der Waals surface area contributed by atoms with E-state index in [4.69, 9.17) is 0 Å². The summed E-state index contributed by atoms with van der Waals surface area (Å²) >= 11 is 2.83. The SMILES string of the molecule is CCCc1nnc(NC(=O)[C@@H](CC)Sc2nncn2C)s1. The highest BCUT2D eigenvalue weighted by molar-refractivity contribution is 8.00. The third kappa shape index (κ3) is 4.24. The molecule has 9 heteroatoms. The van der Waals surface area contributed by atoms with Crippen LogP contribution < -0.4 is 5.32 Å². The highest BCUT2D eigenvalue weighted by atomic mass is 32.2.